The van der Waals surface area contributed by atoms with Crippen LogP contribution in [-0.4, -0.2) is 20.7 Å². The molecule has 0 fully saturated rings. The molecule has 0 radical (unpaired) electrons. The van der Waals surface area contributed by atoms with E-state index in [0.717, 1.165) is 12.5 Å². The number of esters is 1. The van der Waals surface area contributed by atoms with Gasteiger partial charge in [0.15, 0.2) is 12.4 Å². The molecule has 0 spiro atoms. The van der Waals surface area contributed by atoms with Gasteiger partial charge in [0.05, 0.1) is 11.3 Å². The lowest BCUT2D eigenvalue weighted by Gasteiger charge is -2.07. The fraction of sp³-hybridized carbons (Fsp3) is 0.308. The Morgan fingerprint density at radius 3 is 3.00 bits per heavy atom. The van der Waals surface area contributed by atoms with Crippen molar-refractivity contribution in [3.63, 3.8) is 0 Å². The minimum absolute atomic E-state index is 0.0100. The van der Waals surface area contributed by atoms with Crippen molar-refractivity contribution in [2.45, 2.75) is 26.5 Å². The molecule has 6 nitrogen and oxygen atoms in total. The molecule has 0 aliphatic rings. The third-order valence-electron chi connectivity index (χ3n) is 2.70. The number of anilines is 1. The van der Waals surface area contributed by atoms with Crippen LogP contribution in [0.1, 0.15) is 29.5 Å². The highest BCUT2D eigenvalue weighted by molar-refractivity contribution is 5.90. The number of nitrogens with zero attached hydrogens (tertiary/aromatic N) is 3. The van der Waals surface area contributed by atoms with Crippen molar-refractivity contribution in [2.24, 2.45) is 0 Å². The predicted molar refractivity (Wildman–Crippen MR) is 70.2 cm³/mol. The number of hydrogen-bond donors (Lipinski definition) is 1. The van der Waals surface area contributed by atoms with Gasteiger partial charge >= 0.3 is 5.97 Å². The smallest absolute Gasteiger partial charge is 0.338 e. The summed E-state index contributed by atoms with van der Waals surface area (Å²) in [4.78, 5) is 15.8. The monoisotopic (exact) mass is 278 g/mol. The molecule has 1 heterocycles. The van der Waals surface area contributed by atoms with E-state index in [9.17, 15) is 9.18 Å². The standard InChI is InChI=1S/C13H15FN4O2/c1-2-5-18-12(16-8-17-18)7-20-13(19)9-3-4-10(14)11(15)6-9/h3-4,6,8H,2,5,7,15H2,1H3. The number of halogens is 1. The summed E-state index contributed by atoms with van der Waals surface area (Å²) in [6, 6.07) is 3.70. The minimum atomic E-state index is -0.581. The zero-order valence-corrected chi connectivity index (χ0v) is 11.0. The molecule has 0 aliphatic carbocycles. The van der Waals surface area contributed by atoms with Crippen LogP contribution in [0.2, 0.25) is 0 Å². The van der Waals surface area contributed by atoms with Gasteiger partial charge in [-0.25, -0.2) is 18.9 Å². The van der Waals surface area contributed by atoms with E-state index in [-0.39, 0.29) is 17.9 Å². The van der Waals surface area contributed by atoms with Crippen molar-refractivity contribution in [3.8, 4) is 0 Å². The maximum Gasteiger partial charge on any atom is 0.338 e. The average Bonchev–Trinajstić information content (AvgIpc) is 2.87. The molecular formula is C13H15FN4O2. The fourth-order valence-corrected chi connectivity index (χ4v) is 1.68. The molecule has 0 atom stereocenters. The van der Waals surface area contributed by atoms with E-state index in [4.69, 9.17) is 10.5 Å². The number of aryl methyl sites for hydroxylation is 1. The number of nitrogen functional groups attached to an aromatic ring is 1. The van der Waals surface area contributed by atoms with Crippen LogP contribution < -0.4 is 5.73 Å². The van der Waals surface area contributed by atoms with Crippen molar-refractivity contribution >= 4 is 11.7 Å². The van der Waals surface area contributed by atoms with Crippen LogP contribution >= 0.6 is 0 Å². The topological polar surface area (TPSA) is 83.0 Å². The maximum atomic E-state index is 13.0. The normalized spacial score (nSPS) is 10.5. The van der Waals surface area contributed by atoms with E-state index in [1.807, 2.05) is 6.92 Å². The lowest BCUT2D eigenvalue weighted by Crippen LogP contribution is -2.11. The van der Waals surface area contributed by atoms with Gasteiger partial charge in [-0.15, -0.1) is 0 Å². The van der Waals surface area contributed by atoms with Crippen LogP contribution in [0.5, 0.6) is 0 Å². The predicted octanol–water partition coefficient (Wildman–Crippen LogP) is 1.77. The SMILES string of the molecule is CCCn1ncnc1COC(=O)c1ccc(F)c(N)c1. The van der Waals surface area contributed by atoms with Gasteiger partial charge in [-0.05, 0) is 24.6 Å². The zero-order valence-electron chi connectivity index (χ0n) is 11.0. The molecule has 0 bridgehead atoms. The maximum absolute atomic E-state index is 13.0. The largest absolute Gasteiger partial charge is 0.454 e. The highest BCUT2D eigenvalue weighted by Crippen LogP contribution is 2.13. The summed E-state index contributed by atoms with van der Waals surface area (Å²) in [6.45, 7) is 2.73. The molecule has 1 aromatic carbocycles. The number of carbonyl (C=O) groups excluding carboxylic acids is 1. The van der Waals surface area contributed by atoms with E-state index in [1.165, 1.54) is 18.5 Å². The molecule has 2 rings (SSSR count). The summed E-state index contributed by atoms with van der Waals surface area (Å²) in [5.41, 5.74) is 5.51. The first kappa shape index (κ1) is 14.0. The lowest BCUT2D eigenvalue weighted by molar-refractivity contribution is 0.0456. The summed E-state index contributed by atoms with van der Waals surface area (Å²) in [7, 11) is 0. The summed E-state index contributed by atoms with van der Waals surface area (Å²) >= 11 is 0. The summed E-state index contributed by atoms with van der Waals surface area (Å²) < 4.78 is 19.8. The van der Waals surface area contributed by atoms with Gasteiger partial charge in [-0.3, -0.25) is 0 Å². The van der Waals surface area contributed by atoms with Crippen molar-refractivity contribution in [2.75, 3.05) is 5.73 Å². The van der Waals surface area contributed by atoms with Crippen LogP contribution in [0.15, 0.2) is 24.5 Å². The molecule has 1 aromatic heterocycles. The van der Waals surface area contributed by atoms with Gasteiger partial charge in [0.25, 0.3) is 0 Å². The number of nitrogens with two attached hydrogens (primary N) is 1. The molecule has 0 saturated heterocycles. The van der Waals surface area contributed by atoms with Crippen LogP contribution in [0.25, 0.3) is 0 Å². The minimum Gasteiger partial charge on any atom is -0.454 e. The first-order valence-electron chi connectivity index (χ1n) is 6.20. The van der Waals surface area contributed by atoms with E-state index in [2.05, 4.69) is 10.1 Å². The lowest BCUT2D eigenvalue weighted by atomic mass is 10.2. The molecule has 20 heavy (non-hydrogen) atoms. The molecule has 0 saturated carbocycles. The summed E-state index contributed by atoms with van der Waals surface area (Å²) in [5.74, 6) is -0.581. The van der Waals surface area contributed by atoms with Crippen molar-refractivity contribution in [1.29, 1.82) is 0 Å². The van der Waals surface area contributed by atoms with Gasteiger partial charge in [0.1, 0.15) is 12.1 Å². The Hall–Kier alpha value is -2.44. The van der Waals surface area contributed by atoms with Crippen molar-refractivity contribution < 1.29 is 13.9 Å². The molecule has 2 N–H and O–H groups in total. The Bertz CT molecular complexity index is 612. The van der Waals surface area contributed by atoms with Gasteiger partial charge in [-0.2, -0.15) is 5.10 Å². The Morgan fingerprint density at radius 2 is 2.30 bits per heavy atom. The first-order chi connectivity index (χ1) is 9.61. The number of hydrogen-bond acceptors (Lipinski definition) is 5. The highest BCUT2D eigenvalue weighted by atomic mass is 19.1. The third kappa shape index (κ3) is 3.11. The van der Waals surface area contributed by atoms with Crippen molar-refractivity contribution in [1.82, 2.24) is 14.8 Å². The second kappa shape index (κ2) is 6.14. The molecule has 0 amide bonds. The van der Waals surface area contributed by atoms with E-state index in [1.54, 1.807) is 4.68 Å². The molecule has 0 unspecified atom stereocenters. The zero-order chi connectivity index (χ0) is 14.5. The summed E-state index contributed by atoms with van der Waals surface area (Å²) in [6.07, 6.45) is 2.31. The second-order valence-corrected chi connectivity index (χ2v) is 4.21. The molecule has 106 valence electrons. The first-order valence-corrected chi connectivity index (χ1v) is 6.20. The third-order valence-corrected chi connectivity index (χ3v) is 2.70. The van der Waals surface area contributed by atoms with E-state index in [0.29, 0.717) is 12.4 Å². The van der Waals surface area contributed by atoms with Crippen molar-refractivity contribution in [3.05, 3.63) is 41.7 Å². The second-order valence-electron chi connectivity index (χ2n) is 4.21. The Labute approximate surface area is 115 Å². The number of aromatic nitrogens is 3. The fourth-order valence-electron chi connectivity index (χ4n) is 1.68. The average molecular weight is 278 g/mol. The van der Waals surface area contributed by atoms with Gasteiger partial charge in [-0.1, -0.05) is 6.92 Å². The molecule has 2 aromatic rings. The molecule has 7 heteroatoms. The van der Waals surface area contributed by atoms with E-state index >= 15 is 0 Å². The van der Waals surface area contributed by atoms with Crippen LogP contribution in [0.4, 0.5) is 10.1 Å². The quantitative estimate of drug-likeness (QED) is 0.665. The Balaban J connectivity index is 2.01. The number of ether oxygens (including phenoxy) is 1. The number of benzene rings is 1. The van der Waals surface area contributed by atoms with Crippen LogP contribution in [0, 0.1) is 5.82 Å². The Morgan fingerprint density at radius 1 is 1.50 bits per heavy atom. The number of carbonyl (C=O) groups is 1. The van der Waals surface area contributed by atoms with Crippen LogP contribution in [-0.2, 0) is 17.9 Å². The van der Waals surface area contributed by atoms with Gasteiger partial charge in [0.2, 0.25) is 0 Å². The molecule has 0 aliphatic heterocycles. The van der Waals surface area contributed by atoms with Gasteiger partial charge in [0, 0.05) is 6.54 Å². The highest BCUT2D eigenvalue weighted by Gasteiger charge is 2.12. The number of rotatable bonds is 5. The van der Waals surface area contributed by atoms with Crippen LogP contribution in [0.3, 0.4) is 0 Å². The summed E-state index contributed by atoms with van der Waals surface area (Å²) in [5, 5.41) is 4.03. The molecular weight excluding hydrogens is 263 g/mol. The Kier molecular flexibility index (Phi) is 4.29. The van der Waals surface area contributed by atoms with E-state index < -0.39 is 11.8 Å². The van der Waals surface area contributed by atoms with Gasteiger partial charge < -0.3 is 10.5 Å².